The van der Waals surface area contributed by atoms with E-state index in [1.165, 1.54) is 19.3 Å². The summed E-state index contributed by atoms with van der Waals surface area (Å²) in [5, 5.41) is 20.0. The van der Waals surface area contributed by atoms with Crippen molar-refractivity contribution in [2.24, 2.45) is 0 Å². The number of unbranched alkanes of at least 4 members (excludes halogenated alkanes) is 5. The van der Waals surface area contributed by atoms with Crippen LogP contribution in [-0.2, 0) is 4.79 Å². The van der Waals surface area contributed by atoms with Crippen LogP contribution in [-0.4, -0.2) is 11.1 Å². The van der Waals surface area contributed by atoms with Gasteiger partial charge in [0.25, 0.3) is 0 Å². The van der Waals surface area contributed by atoms with Gasteiger partial charge in [-0.05, 0) is 44.9 Å². The van der Waals surface area contributed by atoms with Gasteiger partial charge in [0.15, 0.2) is 0 Å². The van der Waals surface area contributed by atoms with Crippen molar-refractivity contribution in [1.82, 2.24) is 0 Å². The molecule has 0 fully saturated rings. The van der Waals surface area contributed by atoms with Crippen molar-refractivity contribution in [3.8, 4) is 0 Å². The van der Waals surface area contributed by atoms with Crippen LogP contribution in [0.2, 0.25) is 0 Å². The van der Waals surface area contributed by atoms with E-state index in [1.807, 2.05) is 18.2 Å². The largest absolute Gasteiger partial charge is 1.00 e. The average molecular weight is 333 g/mol. The fraction of sp³-hybridized carbons (Fsp3) is 0.611. The van der Waals surface area contributed by atoms with Crippen LogP contribution in [0, 0.1) is 0 Å². The predicted octanol–water partition coefficient (Wildman–Crippen LogP) is 1.35. The number of hydrogen-bond donors (Lipinski definition) is 1. The zero-order chi connectivity index (χ0) is 15.8. The topological polar surface area (TPSA) is 60.4 Å². The summed E-state index contributed by atoms with van der Waals surface area (Å²) in [6.07, 6.45) is 18.4. The Kier molecular flexibility index (Phi) is 21.2. The molecule has 0 rings (SSSR count). The maximum absolute atomic E-state index is 11.5. The fourth-order valence-electron chi connectivity index (χ4n) is 1.86. The monoisotopic (exact) mass is 332 g/mol. The number of aliphatic carboxylic acids is 1. The summed E-state index contributed by atoms with van der Waals surface area (Å²) in [5.74, 6) is -0.571. The van der Waals surface area contributed by atoms with Gasteiger partial charge in [-0.2, -0.15) is 0 Å². The molecule has 0 unspecified atom stereocenters. The minimum atomic E-state index is -0.736. The molecule has 0 saturated heterocycles. The van der Waals surface area contributed by atoms with E-state index in [0.29, 0.717) is 19.3 Å². The van der Waals surface area contributed by atoms with Crippen LogP contribution in [0.3, 0.4) is 0 Å². The summed E-state index contributed by atoms with van der Waals surface area (Å²) in [4.78, 5) is 10.3. The van der Waals surface area contributed by atoms with Crippen LogP contribution in [0.4, 0.5) is 0 Å². The summed E-state index contributed by atoms with van der Waals surface area (Å²) >= 11 is 0. The molecule has 0 saturated carbocycles. The summed E-state index contributed by atoms with van der Waals surface area (Å²) in [6, 6.07) is 0. The normalized spacial score (nSPS) is 12.0. The minimum absolute atomic E-state index is 0. The van der Waals surface area contributed by atoms with Crippen molar-refractivity contribution in [2.45, 2.75) is 71.1 Å². The van der Waals surface area contributed by atoms with E-state index in [2.05, 4.69) is 13.0 Å². The summed E-state index contributed by atoms with van der Waals surface area (Å²) in [5.41, 5.74) is 0. The second kappa shape index (κ2) is 19.2. The molecule has 0 radical (unpaired) electrons. The van der Waals surface area contributed by atoms with Crippen molar-refractivity contribution in [1.29, 1.82) is 0 Å². The number of carboxylic acid groups (broad SMARTS) is 1. The van der Waals surface area contributed by atoms with Gasteiger partial charge in [-0.25, -0.2) is 0 Å². The van der Waals surface area contributed by atoms with E-state index in [-0.39, 0.29) is 63.6 Å². The number of carboxylic acids is 1. The SMILES string of the molecule is CCCCC/C=C\C/C([O-])=C\C/C=C\CCCCC(=O)O.[K+]. The first kappa shape index (κ1) is 24.4. The van der Waals surface area contributed by atoms with Crippen LogP contribution >= 0.6 is 0 Å². The van der Waals surface area contributed by atoms with Crippen molar-refractivity contribution in [3.63, 3.8) is 0 Å². The molecule has 0 aromatic carbocycles. The molecule has 0 atom stereocenters. The Morgan fingerprint density at radius 3 is 2.27 bits per heavy atom. The van der Waals surface area contributed by atoms with Gasteiger partial charge in [0.1, 0.15) is 0 Å². The quantitative estimate of drug-likeness (QED) is 0.240. The Morgan fingerprint density at radius 1 is 1.00 bits per heavy atom. The second-order valence-corrected chi connectivity index (χ2v) is 5.19. The predicted molar refractivity (Wildman–Crippen MR) is 85.8 cm³/mol. The molecule has 0 heterocycles. The molecule has 4 heteroatoms. The molecule has 0 aliphatic heterocycles. The van der Waals surface area contributed by atoms with Gasteiger partial charge in [0.05, 0.1) is 0 Å². The van der Waals surface area contributed by atoms with Gasteiger partial charge in [-0.15, -0.1) is 5.76 Å². The van der Waals surface area contributed by atoms with Gasteiger partial charge in [-0.3, -0.25) is 4.79 Å². The van der Waals surface area contributed by atoms with Crippen LogP contribution in [0.5, 0.6) is 0 Å². The molecule has 0 aromatic rings. The third-order valence-corrected chi connectivity index (χ3v) is 3.12. The smallest absolute Gasteiger partial charge is 0.875 e. The van der Waals surface area contributed by atoms with E-state index in [0.717, 1.165) is 19.3 Å². The first-order valence-corrected chi connectivity index (χ1v) is 8.04. The molecule has 22 heavy (non-hydrogen) atoms. The maximum Gasteiger partial charge on any atom is 1.00 e. The van der Waals surface area contributed by atoms with E-state index in [1.54, 1.807) is 6.08 Å². The second-order valence-electron chi connectivity index (χ2n) is 5.19. The molecule has 0 amide bonds. The van der Waals surface area contributed by atoms with Crippen molar-refractivity contribution < 1.29 is 66.4 Å². The molecule has 3 nitrogen and oxygen atoms in total. The van der Waals surface area contributed by atoms with Crippen molar-refractivity contribution in [2.75, 3.05) is 0 Å². The molecule has 0 aliphatic carbocycles. The number of hydrogen-bond acceptors (Lipinski definition) is 2. The third-order valence-electron chi connectivity index (χ3n) is 3.12. The molecule has 0 aromatic heterocycles. The Morgan fingerprint density at radius 2 is 1.64 bits per heavy atom. The molecular formula is C18H29KO3. The van der Waals surface area contributed by atoms with Gasteiger partial charge >= 0.3 is 57.4 Å². The Labute approximate surface area is 178 Å². The van der Waals surface area contributed by atoms with Gasteiger partial charge < -0.3 is 10.2 Å². The summed E-state index contributed by atoms with van der Waals surface area (Å²) < 4.78 is 0. The first-order valence-electron chi connectivity index (χ1n) is 8.04. The number of rotatable bonds is 13. The van der Waals surface area contributed by atoms with Crippen LogP contribution < -0.4 is 56.5 Å². The first-order chi connectivity index (χ1) is 10.2. The van der Waals surface area contributed by atoms with Gasteiger partial charge in [-0.1, -0.05) is 50.1 Å². The average Bonchev–Trinajstić information content (AvgIpc) is 2.45. The van der Waals surface area contributed by atoms with Crippen molar-refractivity contribution in [3.05, 3.63) is 36.1 Å². The Hall–Kier alpha value is 0.126. The Balaban J connectivity index is 0. The van der Waals surface area contributed by atoms with E-state index in [9.17, 15) is 9.90 Å². The van der Waals surface area contributed by atoms with Crippen LogP contribution in [0.1, 0.15) is 71.1 Å². The Bertz CT molecular complexity index is 346. The van der Waals surface area contributed by atoms with E-state index in [4.69, 9.17) is 5.11 Å². The maximum atomic E-state index is 11.5. The van der Waals surface area contributed by atoms with Gasteiger partial charge in [0.2, 0.25) is 0 Å². The standard InChI is InChI=1S/C18H30O3.K/c1-2-3-4-5-8-11-14-17(19)15-12-9-6-7-10-13-16-18(20)21;/h6,8-9,11,15,19H,2-5,7,10,12-14,16H2,1H3,(H,20,21);/q;+1/p-1/b9-6-,11-8-,17-15+;. The number of carbonyl (C=O) groups is 1. The molecule has 0 bridgehead atoms. The third kappa shape index (κ3) is 20.1. The van der Waals surface area contributed by atoms with Crippen molar-refractivity contribution >= 4 is 5.97 Å². The summed E-state index contributed by atoms with van der Waals surface area (Å²) in [7, 11) is 0. The fourth-order valence-corrected chi connectivity index (χ4v) is 1.86. The van der Waals surface area contributed by atoms with Gasteiger partial charge in [0, 0.05) is 6.42 Å². The van der Waals surface area contributed by atoms with Crippen LogP contribution in [0.15, 0.2) is 36.1 Å². The van der Waals surface area contributed by atoms with E-state index < -0.39 is 5.97 Å². The minimum Gasteiger partial charge on any atom is -0.875 e. The summed E-state index contributed by atoms with van der Waals surface area (Å²) in [6.45, 7) is 2.18. The molecule has 1 N–H and O–H groups in total. The molecule has 0 spiro atoms. The zero-order valence-corrected chi connectivity index (χ0v) is 17.3. The number of allylic oxidation sites excluding steroid dienone is 5. The zero-order valence-electron chi connectivity index (χ0n) is 14.2. The van der Waals surface area contributed by atoms with E-state index >= 15 is 0 Å². The molecule has 0 aliphatic rings. The molecule has 120 valence electrons. The van der Waals surface area contributed by atoms with Crippen LogP contribution in [0.25, 0.3) is 0 Å². The molecular weight excluding hydrogens is 303 g/mol.